The summed E-state index contributed by atoms with van der Waals surface area (Å²) >= 11 is 0. The Morgan fingerprint density at radius 3 is 2.66 bits per heavy atom. The molecule has 0 saturated heterocycles. The second-order valence-corrected chi connectivity index (χ2v) is 7.96. The zero-order chi connectivity index (χ0) is 21.5. The van der Waals surface area contributed by atoms with E-state index in [9.17, 15) is 0 Å². The minimum absolute atomic E-state index is 0.235. The predicted octanol–water partition coefficient (Wildman–Crippen LogP) is 6.22. The quantitative estimate of drug-likeness (QED) is 0.362. The van der Waals surface area contributed by atoms with Crippen molar-refractivity contribution in [1.82, 2.24) is 19.4 Å². The average Bonchev–Trinajstić information content (AvgIpc) is 3.20. The van der Waals surface area contributed by atoms with Crippen molar-refractivity contribution < 1.29 is 9.13 Å². The summed E-state index contributed by atoms with van der Waals surface area (Å²) in [5.74, 6) is 2.61. The highest BCUT2D eigenvalue weighted by molar-refractivity contribution is 5.85. The Kier molecular flexibility index (Phi) is 4.45. The van der Waals surface area contributed by atoms with Gasteiger partial charge in [0.2, 0.25) is 5.88 Å². The van der Waals surface area contributed by atoms with E-state index >= 15 is 4.39 Å². The maximum absolute atomic E-state index is 15.4. The lowest BCUT2D eigenvalue weighted by Gasteiger charge is -2.24. The van der Waals surface area contributed by atoms with Crippen LogP contribution in [0.1, 0.15) is 31.0 Å². The molecule has 0 atom stereocenters. The van der Waals surface area contributed by atoms with Gasteiger partial charge in [0.25, 0.3) is 0 Å². The lowest BCUT2D eigenvalue weighted by Crippen LogP contribution is -2.12. The number of pyridine rings is 1. The maximum atomic E-state index is 15.4. The molecule has 1 N–H and O–H groups in total. The Hall–Kier alpha value is -4.00. The Balaban J connectivity index is 1.35. The molecule has 32 heavy (non-hydrogen) atoms. The van der Waals surface area contributed by atoms with Gasteiger partial charge in [-0.05, 0) is 37.1 Å². The predicted molar refractivity (Wildman–Crippen MR) is 121 cm³/mol. The van der Waals surface area contributed by atoms with E-state index in [0.717, 1.165) is 24.2 Å². The Morgan fingerprint density at radius 2 is 1.84 bits per heavy atom. The number of halogens is 1. The van der Waals surface area contributed by atoms with E-state index in [-0.39, 0.29) is 5.52 Å². The molecular formula is C25H20FN5O. The summed E-state index contributed by atoms with van der Waals surface area (Å²) < 4.78 is 23.3. The Morgan fingerprint density at radius 1 is 1.00 bits per heavy atom. The first-order valence-corrected chi connectivity index (χ1v) is 10.7. The summed E-state index contributed by atoms with van der Waals surface area (Å²) in [5.41, 5.74) is 1.36. The van der Waals surface area contributed by atoms with Crippen molar-refractivity contribution in [3.63, 3.8) is 0 Å². The molecule has 1 fully saturated rings. The van der Waals surface area contributed by atoms with Gasteiger partial charge in [0.15, 0.2) is 11.6 Å². The molecule has 1 saturated carbocycles. The molecule has 3 aromatic heterocycles. The number of hydrogen-bond donors (Lipinski definition) is 1. The molecule has 1 aliphatic carbocycles. The molecule has 7 heteroatoms. The Bertz CT molecular complexity index is 1430. The van der Waals surface area contributed by atoms with Gasteiger partial charge in [0, 0.05) is 29.8 Å². The van der Waals surface area contributed by atoms with Crippen LogP contribution in [0, 0.1) is 5.82 Å². The van der Waals surface area contributed by atoms with Crippen LogP contribution < -0.4 is 10.1 Å². The van der Waals surface area contributed by atoms with Gasteiger partial charge in [-0.25, -0.2) is 19.3 Å². The third-order valence-electron chi connectivity index (χ3n) is 5.95. The van der Waals surface area contributed by atoms with Crippen LogP contribution in [0.3, 0.4) is 0 Å². The molecule has 6 nitrogen and oxygen atoms in total. The van der Waals surface area contributed by atoms with E-state index in [2.05, 4.69) is 20.3 Å². The number of aromatic nitrogens is 4. The van der Waals surface area contributed by atoms with E-state index in [0.29, 0.717) is 34.4 Å². The third-order valence-corrected chi connectivity index (χ3v) is 5.95. The first-order valence-electron chi connectivity index (χ1n) is 10.7. The number of benzene rings is 2. The summed E-state index contributed by atoms with van der Waals surface area (Å²) in [7, 11) is 0. The van der Waals surface area contributed by atoms with E-state index < -0.39 is 5.82 Å². The molecule has 0 unspecified atom stereocenters. The molecule has 1 aliphatic rings. The van der Waals surface area contributed by atoms with E-state index in [4.69, 9.17) is 4.74 Å². The fourth-order valence-electron chi connectivity index (χ4n) is 4.04. The van der Waals surface area contributed by atoms with Crippen molar-refractivity contribution in [2.24, 2.45) is 0 Å². The first kappa shape index (κ1) is 18.7. The van der Waals surface area contributed by atoms with Crippen LogP contribution in [-0.2, 0) is 0 Å². The molecule has 158 valence electrons. The lowest BCUT2D eigenvalue weighted by atomic mass is 9.85. The summed E-state index contributed by atoms with van der Waals surface area (Å²) in [4.78, 5) is 13.4. The van der Waals surface area contributed by atoms with Crippen LogP contribution in [0.25, 0.3) is 16.4 Å². The number of imidazole rings is 1. The second kappa shape index (κ2) is 7.60. The van der Waals surface area contributed by atoms with Crippen LogP contribution in [0.4, 0.5) is 15.9 Å². The van der Waals surface area contributed by atoms with Gasteiger partial charge in [0.05, 0.1) is 11.9 Å². The number of nitrogens with one attached hydrogen (secondary N) is 1. The monoisotopic (exact) mass is 425 g/mol. The van der Waals surface area contributed by atoms with Gasteiger partial charge in [-0.3, -0.25) is 4.40 Å². The van der Waals surface area contributed by atoms with Crippen molar-refractivity contribution in [1.29, 1.82) is 0 Å². The fourth-order valence-corrected chi connectivity index (χ4v) is 4.04. The fraction of sp³-hybridized carbons (Fsp3) is 0.160. The number of para-hydroxylation sites is 1. The zero-order valence-corrected chi connectivity index (χ0v) is 17.2. The largest absolute Gasteiger partial charge is 0.439 e. The highest BCUT2D eigenvalue weighted by Gasteiger charge is 2.24. The van der Waals surface area contributed by atoms with Gasteiger partial charge in [-0.15, -0.1) is 0 Å². The maximum Gasteiger partial charge on any atom is 0.219 e. The van der Waals surface area contributed by atoms with Gasteiger partial charge in [-0.2, -0.15) is 0 Å². The third kappa shape index (κ3) is 3.22. The lowest BCUT2D eigenvalue weighted by molar-refractivity contribution is 0.400. The van der Waals surface area contributed by atoms with Crippen molar-refractivity contribution in [3.8, 4) is 11.6 Å². The standard InChI is InChI=1S/C25H20FN5O/c26-22-19(29-24-20-15-28-25(17-5-4-6-17)31(20)14-13-27-24)11-9-16-10-12-21(30-23(16)22)32-18-7-2-1-3-8-18/h1-3,7-15,17H,4-6H2,(H,27,29). The van der Waals surface area contributed by atoms with Gasteiger partial charge in [0.1, 0.15) is 22.6 Å². The van der Waals surface area contributed by atoms with Gasteiger partial charge in [-0.1, -0.05) is 30.7 Å². The smallest absolute Gasteiger partial charge is 0.219 e. The summed E-state index contributed by atoms with van der Waals surface area (Å²) in [5, 5.41) is 3.83. The zero-order valence-electron chi connectivity index (χ0n) is 17.2. The molecule has 3 heterocycles. The summed E-state index contributed by atoms with van der Waals surface area (Å²) in [6, 6.07) is 16.4. The molecule has 0 amide bonds. The van der Waals surface area contributed by atoms with Crippen LogP contribution in [0.5, 0.6) is 11.6 Å². The first-order chi connectivity index (χ1) is 15.8. The number of nitrogens with zero attached hydrogens (tertiary/aromatic N) is 4. The molecule has 0 bridgehead atoms. The summed E-state index contributed by atoms with van der Waals surface area (Å²) in [6.07, 6.45) is 8.97. The molecule has 5 aromatic rings. The van der Waals surface area contributed by atoms with E-state index in [1.54, 1.807) is 30.6 Å². The highest BCUT2D eigenvalue weighted by atomic mass is 19.1. The number of anilines is 2. The van der Waals surface area contributed by atoms with Crippen LogP contribution in [-0.4, -0.2) is 19.4 Å². The van der Waals surface area contributed by atoms with Gasteiger partial charge >= 0.3 is 0 Å². The number of fused-ring (bicyclic) bond motifs is 2. The van der Waals surface area contributed by atoms with Crippen molar-refractivity contribution in [2.45, 2.75) is 25.2 Å². The number of rotatable bonds is 5. The van der Waals surface area contributed by atoms with Crippen molar-refractivity contribution >= 4 is 27.9 Å². The van der Waals surface area contributed by atoms with Crippen LogP contribution in [0.2, 0.25) is 0 Å². The number of ether oxygens (including phenoxy) is 1. The van der Waals surface area contributed by atoms with Gasteiger partial charge < -0.3 is 10.1 Å². The molecule has 0 aliphatic heterocycles. The topological polar surface area (TPSA) is 64.3 Å². The minimum Gasteiger partial charge on any atom is -0.439 e. The minimum atomic E-state index is -0.455. The molecule has 6 rings (SSSR count). The van der Waals surface area contributed by atoms with Crippen molar-refractivity contribution in [2.75, 3.05) is 5.32 Å². The normalized spacial score (nSPS) is 13.9. The summed E-state index contributed by atoms with van der Waals surface area (Å²) in [6.45, 7) is 0. The van der Waals surface area contributed by atoms with E-state index in [1.165, 1.54) is 6.42 Å². The highest BCUT2D eigenvalue weighted by Crippen LogP contribution is 2.36. The number of hydrogen-bond acceptors (Lipinski definition) is 5. The molecule has 0 spiro atoms. The molecule has 0 radical (unpaired) electrons. The van der Waals surface area contributed by atoms with Crippen LogP contribution in [0.15, 0.2) is 73.2 Å². The second-order valence-electron chi connectivity index (χ2n) is 7.96. The SMILES string of the molecule is Fc1c(Nc2nccn3c(C4CCC4)ncc23)ccc2ccc(Oc3ccccc3)nc12. The molecular weight excluding hydrogens is 405 g/mol. The average molecular weight is 425 g/mol. The molecule has 2 aromatic carbocycles. The van der Waals surface area contributed by atoms with E-state index in [1.807, 2.05) is 47.0 Å². The van der Waals surface area contributed by atoms with Crippen molar-refractivity contribution in [3.05, 3.63) is 84.8 Å². The van der Waals surface area contributed by atoms with Crippen LogP contribution >= 0.6 is 0 Å². The Labute approximate surface area is 183 Å².